The standard InChI is InChI=1S/C35H46ClN3O4S/c1-24(34(41)37-31-6-4-3-5-7-31)38(22-25-8-12-30(36)13-9-25)33(40)23-39(44(2,42)43)32-14-10-29(11-15-32)35-19-26-16-27(20-35)18-28(17-26)21-35/h8-15,24,26-28,31H,3-7,16-23H2,1-2H3,(H,37,41)/t24-,26?,27?,28?,35?/m1/s1. The molecule has 5 saturated carbocycles. The molecule has 2 aromatic rings. The largest absolute Gasteiger partial charge is 0.352 e. The van der Waals surface area contributed by atoms with E-state index < -0.39 is 22.0 Å². The van der Waals surface area contributed by atoms with Gasteiger partial charge in [-0.05, 0) is 117 Å². The third-order valence-electron chi connectivity index (χ3n) is 10.9. The Labute approximate surface area is 267 Å². The van der Waals surface area contributed by atoms with Crippen LogP contribution in [0.3, 0.4) is 0 Å². The van der Waals surface area contributed by atoms with E-state index in [0.29, 0.717) is 10.7 Å². The number of nitrogens with one attached hydrogen (secondary N) is 1. The molecule has 0 unspecified atom stereocenters. The Morgan fingerprint density at radius 1 is 0.909 bits per heavy atom. The summed E-state index contributed by atoms with van der Waals surface area (Å²) in [5.74, 6) is 1.80. The number of rotatable bonds is 10. The molecule has 2 aromatic carbocycles. The number of nitrogens with zero attached hydrogens (tertiary/aromatic N) is 2. The average molecular weight is 640 g/mol. The van der Waals surface area contributed by atoms with Gasteiger partial charge in [-0.2, -0.15) is 0 Å². The molecule has 5 aliphatic rings. The molecule has 0 heterocycles. The maximum atomic E-state index is 14.0. The van der Waals surface area contributed by atoms with Gasteiger partial charge in [0.15, 0.2) is 0 Å². The molecule has 0 radical (unpaired) electrons. The van der Waals surface area contributed by atoms with E-state index in [2.05, 4.69) is 17.4 Å². The molecule has 7 nitrogen and oxygen atoms in total. The van der Waals surface area contributed by atoms with Crippen molar-refractivity contribution in [2.75, 3.05) is 17.1 Å². The molecule has 4 bridgehead atoms. The molecule has 44 heavy (non-hydrogen) atoms. The van der Waals surface area contributed by atoms with Crippen molar-refractivity contribution < 1.29 is 18.0 Å². The van der Waals surface area contributed by atoms with E-state index in [1.165, 1.54) is 59.7 Å². The van der Waals surface area contributed by atoms with Gasteiger partial charge in [0.2, 0.25) is 21.8 Å². The summed E-state index contributed by atoms with van der Waals surface area (Å²) >= 11 is 6.10. The van der Waals surface area contributed by atoms with Gasteiger partial charge in [-0.25, -0.2) is 8.42 Å². The molecule has 1 atom stereocenters. The van der Waals surface area contributed by atoms with E-state index in [0.717, 1.165) is 55.3 Å². The fourth-order valence-corrected chi connectivity index (χ4v) is 9.97. The third kappa shape index (κ3) is 6.81. The third-order valence-corrected chi connectivity index (χ3v) is 12.3. The zero-order valence-corrected chi connectivity index (χ0v) is 27.6. The molecular weight excluding hydrogens is 594 g/mol. The molecule has 0 saturated heterocycles. The molecule has 0 aromatic heterocycles. The highest BCUT2D eigenvalue weighted by Gasteiger charge is 2.51. The van der Waals surface area contributed by atoms with Crippen molar-refractivity contribution in [3.63, 3.8) is 0 Å². The molecule has 0 spiro atoms. The van der Waals surface area contributed by atoms with Crippen molar-refractivity contribution in [2.45, 2.75) is 102 Å². The normalized spacial score (nSPS) is 27.1. The zero-order valence-electron chi connectivity index (χ0n) is 26.0. The second-order valence-corrected chi connectivity index (χ2v) is 16.5. The van der Waals surface area contributed by atoms with Crippen molar-refractivity contribution >= 4 is 39.1 Å². The van der Waals surface area contributed by atoms with Gasteiger partial charge in [0.1, 0.15) is 12.6 Å². The van der Waals surface area contributed by atoms with Crippen molar-refractivity contribution in [2.24, 2.45) is 17.8 Å². The van der Waals surface area contributed by atoms with Crippen LogP contribution < -0.4 is 9.62 Å². The quantitative estimate of drug-likeness (QED) is 0.324. The zero-order chi connectivity index (χ0) is 31.1. The molecule has 1 N–H and O–H groups in total. The first-order valence-electron chi connectivity index (χ1n) is 16.4. The van der Waals surface area contributed by atoms with E-state index >= 15 is 0 Å². The van der Waals surface area contributed by atoms with Crippen molar-refractivity contribution in [1.82, 2.24) is 10.2 Å². The van der Waals surface area contributed by atoms with Crippen LogP contribution in [0.5, 0.6) is 0 Å². The van der Waals surface area contributed by atoms with E-state index in [-0.39, 0.29) is 30.5 Å². The summed E-state index contributed by atoms with van der Waals surface area (Å²) in [5.41, 5.74) is 2.79. The first-order chi connectivity index (χ1) is 21.0. The Morgan fingerprint density at radius 2 is 1.48 bits per heavy atom. The van der Waals surface area contributed by atoms with E-state index in [9.17, 15) is 18.0 Å². The average Bonchev–Trinajstić information content (AvgIpc) is 2.98. The minimum Gasteiger partial charge on any atom is -0.352 e. The Hall–Kier alpha value is -2.58. The lowest BCUT2D eigenvalue weighted by atomic mass is 9.48. The van der Waals surface area contributed by atoms with Crippen LogP contribution in [-0.2, 0) is 31.6 Å². The second-order valence-electron chi connectivity index (χ2n) is 14.2. The second kappa shape index (κ2) is 12.7. The minimum absolute atomic E-state index is 0.103. The Bertz CT molecular complexity index is 1420. The number of carbonyl (C=O) groups is 2. The Balaban J connectivity index is 1.22. The number of amides is 2. The van der Waals surface area contributed by atoms with Gasteiger partial charge in [0, 0.05) is 17.6 Å². The number of halogens is 1. The summed E-state index contributed by atoms with van der Waals surface area (Å²) in [5, 5.41) is 3.72. The smallest absolute Gasteiger partial charge is 0.244 e. The van der Waals surface area contributed by atoms with Gasteiger partial charge >= 0.3 is 0 Å². The van der Waals surface area contributed by atoms with E-state index in [1.54, 1.807) is 19.1 Å². The molecular formula is C35H46ClN3O4S. The summed E-state index contributed by atoms with van der Waals surface area (Å²) in [6.45, 7) is 1.50. The van der Waals surface area contributed by atoms with Crippen LogP contribution >= 0.6 is 11.6 Å². The lowest BCUT2D eigenvalue weighted by Gasteiger charge is -2.57. The Kier molecular flexibility index (Phi) is 9.04. The first-order valence-corrected chi connectivity index (χ1v) is 18.6. The number of hydrogen-bond acceptors (Lipinski definition) is 4. The Morgan fingerprint density at radius 3 is 2.02 bits per heavy atom. The first kappa shape index (κ1) is 31.4. The van der Waals surface area contributed by atoms with Crippen LogP contribution in [0.15, 0.2) is 48.5 Å². The fraction of sp³-hybridized carbons (Fsp3) is 0.600. The molecule has 238 valence electrons. The number of benzene rings is 2. The maximum absolute atomic E-state index is 14.0. The predicted octanol–water partition coefficient (Wildman–Crippen LogP) is 6.44. The van der Waals surface area contributed by atoms with Crippen LogP contribution in [0.4, 0.5) is 5.69 Å². The summed E-state index contributed by atoms with van der Waals surface area (Å²) in [4.78, 5) is 28.9. The van der Waals surface area contributed by atoms with Gasteiger partial charge in [-0.15, -0.1) is 0 Å². The molecule has 9 heteroatoms. The fourth-order valence-electron chi connectivity index (χ4n) is 9.00. The minimum atomic E-state index is -3.78. The number of carbonyl (C=O) groups excluding carboxylic acids is 2. The number of anilines is 1. The molecule has 0 aliphatic heterocycles. The SMILES string of the molecule is C[C@H](C(=O)NC1CCCCC1)N(Cc1ccc(Cl)cc1)C(=O)CN(c1ccc(C23CC4CC(CC(C4)C2)C3)cc1)S(C)(=O)=O. The molecule has 5 fully saturated rings. The van der Waals surface area contributed by atoms with Crippen LogP contribution in [0.2, 0.25) is 5.02 Å². The van der Waals surface area contributed by atoms with Crippen LogP contribution in [0.25, 0.3) is 0 Å². The highest BCUT2D eigenvalue weighted by atomic mass is 35.5. The molecule has 5 aliphatic carbocycles. The van der Waals surface area contributed by atoms with Gasteiger partial charge in [0.25, 0.3) is 0 Å². The van der Waals surface area contributed by atoms with Crippen molar-refractivity contribution in [1.29, 1.82) is 0 Å². The topological polar surface area (TPSA) is 86.8 Å². The van der Waals surface area contributed by atoms with Crippen LogP contribution in [0.1, 0.15) is 88.7 Å². The molecule has 7 rings (SSSR count). The summed E-state index contributed by atoms with van der Waals surface area (Å²) < 4.78 is 27.4. The predicted molar refractivity (Wildman–Crippen MR) is 175 cm³/mol. The lowest BCUT2D eigenvalue weighted by Crippen LogP contribution is -2.53. The van der Waals surface area contributed by atoms with Gasteiger partial charge in [0.05, 0.1) is 11.9 Å². The summed E-state index contributed by atoms with van der Waals surface area (Å²) in [6.07, 6.45) is 14.1. The van der Waals surface area contributed by atoms with Crippen molar-refractivity contribution in [3.8, 4) is 0 Å². The molecule has 2 amide bonds. The van der Waals surface area contributed by atoms with Gasteiger partial charge in [-0.1, -0.05) is 55.1 Å². The lowest BCUT2D eigenvalue weighted by molar-refractivity contribution is -0.139. The van der Waals surface area contributed by atoms with E-state index in [1.807, 2.05) is 24.3 Å². The number of sulfonamides is 1. The monoisotopic (exact) mass is 639 g/mol. The highest BCUT2D eigenvalue weighted by molar-refractivity contribution is 7.92. The maximum Gasteiger partial charge on any atom is 0.244 e. The van der Waals surface area contributed by atoms with Gasteiger partial charge in [-0.3, -0.25) is 13.9 Å². The van der Waals surface area contributed by atoms with Crippen LogP contribution in [0, 0.1) is 17.8 Å². The van der Waals surface area contributed by atoms with Gasteiger partial charge < -0.3 is 10.2 Å². The highest BCUT2D eigenvalue weighted by Crippen LogP contribution is 2.60. The summed E-state index contributed by atoms with van der Waals surface area (Å²) in [6, 6.07) is 14.4. The number of hydrogen-bond donors (Lipinski definition) is 1. The van der Waals surface area contributed by atoms with Crippen molar-refractivity contribution in [3.05, 3.63) is 64.7 Å². The summed E-state index contributed by atoms with van der Waals surface area (Å²) in [7, 11) is -3.78. The van der Waals surface area contributed by atoms with Crippen LogP contribution in [-0.4, -0.2) is 50.0 Å². The van der Waals surface area contributed by atoms with E-state index in [4.69, 9.17) is 11.6 Å².